The zero-order valence-electron chi connectivity index (χ0n) is 15.7. The number of halogens is 2. The Kier molecular flexibility index (Phi) is 5.27. The van der Waals surface area contributed by atoms with Gasteiger partial charge in [0.15, 0.2) is 0 Å². The fourth-order valence-corrected chi connectivity index (χ4v) is 4.02. The number of nitrogens with one attached hydrogen (secondary N) is 1. The van der Waals surface area contributed by atoms with E-state index >= 15 is 0 Å². The molecule has 0 unspecified atom stereocenters. The molecule has 0 aliphatic rings. The molecule has 0 aliphatic heterocycles. The number of hydrogen-bond donors (Lipinski definition) is 1. The molecule has 1 N–H and O–H groups in total. The van der Waals surface area contributed by atoms with E-state index in [1.807, 2.05) is 0 Å². The van der Waals surface area contributed by atoms with E-state index in [1.54, 1.807) is 43.3 Å². The Hall–Kier alpha value is -3.23. The number of nitrogens with zero attached hydrogens (tertiary/aromatic N) is 3. The van der Waals surface area contributed by atoms with Gasteiger partial charge in [0.25, 0.3) is 0 Å². The van der Waals surface area contributed by atoms with Gasteiger partial charge in [-0.3, -0.25) is 0 Å². The second kappa shape index (κ2) is 7.89. The highest BCUT2D eigenvalue weighted by Crippen LogP contribution is 2.35. The number of benzene rings is 3. The van der Waals surface area contributed by atoms with Crippen LogP contribution in [0.15, 0.2) is 71.6 Å². The Bertz CT molecular complexity index is 1360. The van der Waals surface area contributed by atoms with Gasteiger partial charge >= 0.3 is 0 Å². The van der Waals surface area contributed by atoms with Crippen molar-refractivity contribution in [2.45, 2.75) is 11.8 Å². The summed E-state index contributed by atoms with van der Waals surface area (Å²) in [7, 11) is -4.04. The molecule has 152 valence electrons. The fourth-order valence-electron chi connectivity index (χ4n) is 2.79. The maximum atomic E-state index is 13.5. The number of aryl methyl sites for hydroxylation is 1. The van der Waals surface area contributed by atoms with Crippen molar-refractivity contribution in [2.24, 2.45) is 0 Å². The van der Waals surface area contributed by atoms with Crippen molar-refractivity contribution in [3.05, 3.63) is 87.9 Å². The lowest BCUT2D eigenvalue weighted by molar-refractivity contribution is 0.603. The molecule has 0 bridgehead atoms. The summed E-state index contributed by atoms with van der Waals surface area (Å²) in [6, 6.07) is 17.4. The second-order valence-electron chi connectivity index (χ2n) is 6.52. The predicted molar refractivity (Wildman–Crippen MR) is 116 cm³/mol. The molecule has 30 heavy (non-hydrogen) atoms. The fraction of sp³-hybridized carbons (Fsp3) is 0.0476. The van der Waals surface area contributed by atoms with Gasteiger partial charge in [0.2, 0.25) is 10.0 Å². The summed E-state index contributed by atoms with van der Waals surface area (Å²) in [5.74, 6) is -0.581. The summed E-state index contributed by atoms with van der Waals surface area (Å²) >= 11 is 5.85. The van der Waals surface area contributed by atoms with Crippen LogP contribution >= 0.6 is 11.6 Å². The van der Waals surface area contributed by atoms with E-state index in [-0.39, 0.29) is 21.6 Å². The number of para-hydroxylation sites is 2. The number of aromatic nitrogens is 2. The van der Waals surface area contributed by atoms with Crippen LogP contribution in [0.3, 0.4) is 0 Å². The summed E-state index contributed by atoms with van der Waals surface area (Å²) in [6.07, 6.45) is 0. The lowest BCUT2D eigenvalue weighted by Crippen LogP contribution is -2.03. The average molecular weight is 442 g/mol. The quantitative estimate of drug-likeness (QED) is 0.418. The van der Waals surface area contributed by atoms with Gasteiger partial charge in [-0.15, -0.1) is 0 Å². The topological polar surface area (TPSA) is 86.1 Å². The molecule has 0 atom stereocenters. The lowest BCUT2D eigenvalue weighted by atomic mass is 10.2. The highest BCUT2D eigenvalue weighted by Gasteiger charge is 2.13. The number of anilines is 2. The number of hydrogen-bond acceptors (Lipinski definition) is 5. The van der Waals surface area contributed by atoms with Crippen LogP contribution in [0, 0.1) is 12.7 Å². The highest BCUT2D eigenvalue weighted by atomic mass is 35.5. The van der Waals surface area contributed by atoms with Crippen LogP contribution in [0.1, 0.15) is 5.56 Å². The molecule has 0 saturated heterocycles. The van der Waals surface area contributed by atoms with Crippen LogP contribution in [0.4, 0.5) is 21.7 Å². The maximum absolute atomic E-state index is 13.5. The third-order valence-electron chi connectivity index (χ3n) is 4.23. The summed E-state index contributed by atoms with van der Waals surface area (Å²) in [5.41, 5.74) is 2.23. The van der Waals surface area contributed by atoms with Gasteiger partial charge in [-0.1, -0.05) is 41.9 Å². The second-order valence-corrected chi connectivity index (χ2v) is 8.53. The molecule has 1 aromatic heterocycles. The molecule has 6 nitrogen and oxygen atoms in total. The Morgan fingerprint density at radius 3 is 2.40 bits per heavy atom. The molecular weight excluding hydrogens is 427 g/mol. The van der Waals surface area contributed by atoms with E-state index in [2.05, 4.69) is 20.0 Å². The monoisotopic (exact) mass is 441 g/mol. The third kappa shape index (κ3) is 4.19. The molecule has 0 aliphatic carbocycles. The van der Waals surface area contributed by atoms with Gasteiger partial charge in [0, 0.05) is 5.69 Å². The van der Waals surface area contributed by atoms with E-state index in [1.165, 1.54) is 30.3 Å². The van der Waals surface area contributed by atoms with Crippen molar-refractivity contribution in [1.29, 1.82) is 0 Å². The van der Waals surface area contributed by atoms with E-state index in [0.717, 1.165) is 5.56 Å². The summed E-state index contributed by atoms with van der Waals surface area (Å²) < 4.78 is 43.1. The molecule has 4 rings (SSSR count). The van der Waals surface area contributed by atoms with Gasteiger partial charge in [-0.05, 0) is 60.2 Å². The van der Waals surface area contributed by atoms with Crippen LogP contribution in [-0.4, -0.2) is 18.4 Å². The number of fused-ring (bicyclic) bond motifs is 1. The largest absolute Gasteiger partial charge is 0.431 e. The Balaban J connectivity index is 1.79. The zero-order chi connectivity index (χ0) is 21.3. The minimum atomic E-state index is -4.04. The van der Waals surface area contributed by atoms with E-state index in [4.69, 9.17) is 11.6 Å². The van der Waals surface area contributed by atoms with Gasteiger partial charge in [-0.2, -0.15) is 0 Å². The zero-order valence-corrected chi connectivity index (χ0v) is 17.2. The van der Waals surface area contributed by atoms with Crippen LogP contribution in [0.25, 0.3) is 15.8 Å². The molecule has 3 aromatic carbocycles. The average Bonchev–Trinajstić information content (AvgIpc) is 2.71. The van der Waals surface area contributed by atoms with E-state index in [0.29, 0.717) is 16.7 Å². The normalized spacial score (nSPS) is 11.4. The summed E-state index contributed by atoms with van der Waals surface area (Å²) in [4.78, 5) is 8.87. The molecule has 0 amide bonds. The highest BCUT2D eigenvalue weighted by molar-refractivity contribution is 7.94. The van der Waals surface area contributed by atoms with Crippen LogP contribution in [0.2, 0.25) is 5.02 Å². The summed E-state index contributed by atoms with van der Waals surface area (Å²) in [5, 5.41) is 2.85. The van der Waals surface area contributed by atoms with Crippen molar-refractivity contribution in [1.82, 2.24) is 9.97 Å². The summed E-state index contributed by atoms with van der Waals surface area (Å²) in [6.45, 7) is 1.79. The first-order valence-corrected chi connectivity index (χ1v) is 10.7. The van der Waals surface area contributed by atoms with Crippen molar-refractivity contribution in [3.8, 4) is 0 Å². The van der Waals surface area contributed by atoms with E-state index in [9.17, 15) is 12.8 Å². The molecule has 0 fully saturated rings. The minimum Gasteiger partial charge on any atom is -0.431 e. The number of sulfonamides is 1. The Morgan fingerprint density at radius 2 is 1.70 bits per heavy atom. The smallest absolute Gasteiger partial charge is 0.202 e. The molecule has 0 radical (unpaired) electrons. The van der Waals surface area contributed by atoms with Gasteiger partial charge in [0.05, 0.1) is 15.4 Å². The number of rotatable bonds is 5. The predicted octanol–water partition coefficient (Wildman–Crippen LogP) is 5.87. The maximum Gasteiger partial charge on any atom is 0.202 e. The third-order valence-corrected chi connectivity index (χ3v) is 5.78. The molecule has 9 heteroatoms. The van der Waals surface area contributed by atoms with Crippen molar-refractivity contribution < 1.29 is 12.8 Å². The lowest BCUT2D eigenvalue weighted by Gasteiger charge is -2.21. The van der Waals surface area contributed by atoms with Gasteiger partial charge in [0.1, 0.15) is 11.6 Å². The van der Waals surface area contributed by atoms with Crippen molar-refractivity contribution in [3.63, 3.8) is 0 Å². The van der Waals surface area contributed by atoms with E-state index < -0.39 is 15.8 Å². The molecular formula is C21H15ClFN4O2S-. The Morgan fingerprint density at radius 1 is 0.967 bits per heavy atom. The standard InChI is InChI=1S/C21H15ClFN4O2S/c1-13-5-4-6-15(11-13)30(28,29)27-21-20(24-14-9-10-17(23)16(22)12-14)25-18-7-2-3-8-19(18)26-21/h2-12H,1H3,(H-,24,25,26,27)/q-1. The first-order valence-electron chi connectivity index (χ1n) is 8.85. The molecule has 1 heterocycles. The Labute approximate surface area is 177 Å². The minimum absolute atomic E-state index is 0.0493. The van der Waals surface area contributed by atoms with Gasteiger partial charge < -0.3 is 15.0 Å². The first kappa shape index (κ1) is 20.1. The van der Waals surface area contributed by atoms with Crippen molar-refractivity contribution >= 4 is 50.0 Å². The molecule has 0 spiro atoms. The SMILES string of the molecule is Cc1cccc(S(=O)(=O)[N-]c2nc3ccccc3nc2Nc2ccc(F)c(Cl)c2)c1. The molecule has 4 aromatic rings. The van der Waals surface area contributed by atoms with Crippen LogP contribution in [0.5, 0.6) is 0 Å². The van der Waals surface area contributed by atoms with Crippen LogP contribution < -0.4 is 5.32 Å². The molecule has 0 saturated carbocycles. The first-order chi connectivity index (χ1) is 14.3. The van der Waals surface area contributed by atoms with Crippen molar-refractivity contribution in [2.75, 3.05) is 5.32 Å². The van der Waals surface area contributed by atoms with Gasteiger partial charge in [-0.25, -0.2) is 17.8 Å². The van der Waals surface area contributed by atoms with Crippen LogP contribution in [-0.2, 0) is 10.0 Å².